The van der Waals surface area contributed by atoms with Crippen molar-refractivity contribution in [3.05, 3.63) is 0 Å². The van der Waals surface area contributed by atoms with Crippen molar-refractivity contribution in [2.24, 2.45) is 5.92 Å². The van der Waals surface area contributed by atoms with Gasteiger partial charge in [-0.2, -0.15) is 0 Å². The van der Waals surface area contributed by atoms with Crippen molar-refractivity contribution in [2.45, 2.75) is 33.0 Å². The van der Waals surface area contributed by atoms with Gasteiger partial charge in [-0.3, -0.25) is 0 Å². The van der Waals surface area contributed by atoms with Crippen LogP contribution in [-0.4, -0.2) is 7.35 Å². The van der Waals surface area contributed by atoms with E-state index < -0.39 is 0 Å². The molecule has 0 spiro atoms. The van der Waals surface area contributed by atoms with Crippen molar-refractivity contribution < 1.29 is 0 Å². The minimum Gasteiger partial charge on any atom is -0.0809 e. The third-order valence-corrected chi connectivity index (χ3v) is 7.73. The Morgan fingerprint density at radius 2 is 2.22 bits per heavy atom. The Bertz CT molecular complexity index is 131. The molecule has 9 heavy (non-hydrogen) atoms. The second-order valence-electron chi connectivity index (χ2n) is 3.29. The fraction of sp³-hybridized carbons (Fsp3) is 1.00. The largest absolute Gasteiger partial charge is 0.0809 e. The molecular weight excluding hydrogens is 338 g/mol. The standard InChI is InChI=1S/C7H10I2/c8-6-5-2-1-3-7(6,9)4-5/h5-6H,1-4H2. The highest BCUT2D eigenvalue weighted by Gasteiger charge is 2.52. The Kier molecular flexibility index (Phi) is 1.76. The number of rotatable bonds is 0. The van der Waals surface area contributed by atoms with Crippen LogP contribution in [0.1, 0.15) is 25.7 Å². The lowest BCUT2D eigenvalue weighted by Gasteiger charge is -2.53. The van der Waals surface area contributed by atoms with Gasteiger partial charge in [-0.15, -0.1) is 0 Å². The summed E-state index contributed by atoms with van der Waals surface area (Å²) in [5, 5.41) is 0. The van der Waals surface area contributed by atoms with E-state index in [0.29, 0.717) is 0 Å². The van der Waals surface area contributed by atoms with Gasteiger partial charge in [0.15, 0.2) is 0 Å². The van der Waals surface area contributed by atoms with Crippen molar-refractivity contribution in [1.82, 2.24) is 0 Å². The lowest BCUT2D eigenvalue weighted by Crippen LogP contribution is -2.53. The van der Waals surface area contributed by atoms with Gasteiger partial charge in [0.2, 0.25) is 0 Å². The molecule has 3 atom stereocenters. The number of fused-ring (bicyclic) bond motifs is 2. The van der Waals surface area contributed by atoms with Crippen LogP contribution in [0.25, 0.3) is 0 Å². The number of hydrogen-bond acceptors (Lipinski definition) is 0. The first kappa shape index (κ1) is 7.13. The molecule has 0 N–H and O–H groups in total. The van der Waals surface area contributed by atoms with E-state index in [1.165, 1.54) is 25.7 Å². The summed E-state index contributed by atoms with van der Waals surface area (Å²) in [7, 11) is 0. The smallest absolute Gasteiger partial charge is 0.0345 e. The molecule has 3 aliphatic carbocycles. The maximum absolute atomic E-state index is 2.68. The molecule has 0 aromatic heterocycles. The molecule has 0 saturated heterocycles. The topological polar surface area (TPSA) is 0 Å². The molecule has 2 bridgehead atoms. The number of halogens is 2. The fourth-order valence-corrected chi connectivity index (χ4v) is 4.70. The van der Waals surface area contributed by atoms with Crippen LogP contribution in [-0.2, 0) is 0 Å². The highest BCUT2D eigenvalue weighted by Crippen LogP contribution is 2.58. The van der Waals surface area contributed by atoms with Gasteiger partial charge in [-0.1, -0.05) is 51.6 Å². The van der Waals surface area contributed by atoms with Crippen molar-refractivity contribution in [1.29, 1.82) is 0 Å². The normalized spacial score (nSPS) is 56.7. The summed E-state index contributed by atoms with van der Waals surface area (Å²) in [4.78, 5) is 0. The first-order valence-electron chi connectivity index (χ1n) is 3.55. The van der Waals surface area contributed by atoms with Gasteiger partial charge in [0.25, 0.3) is 0 Å². The minimum atomic E-state index is 0.737. The van der Waals surface area contributed by atoms with Gasteiger partial charge >= 0.3 is 0 Å². The zero-order valence-corrected chi connectivity index (χ0v) is 9.55. The summed E-state index contributed by atoms with van der Waals surface area (Å²) in [6.45, 7) is 0. The zero-order valence-electron chi connectivity index (χ0n) is 5.24. The molecule has 0 radical (unpaired) electrons. The Labute approximate surface area is 83.4 Å². The Balaban J connectivity index is 2.13. The summed E-state index contributed by atoms with van der Waals surface area (Å²) in [6.07, 6.45) is 6.00. The second-order valence-corrected chi connectivity index (χ2v) is 6.78. The predicted octanol–water partition coefficient (Wildman–Crippen LogP) is 3.17. The minimum absolute atomic E-state index is 0.737. The van der Waals surface area contributed by atoms with E-state index in [4.69, 9.17) is 0 Å². The molecule has 0 nitrogen and oxygen atoms in total. The lowest BCUT2D eigenvalue weighted by atomic mass is 9.65. The van der Waals surface area contributed by atoms with Crippen molar-refractivity contribution >= 4 is 45.2 Å². The van der Waals surface area contributed by atoms with Gasteiger partial charge in [0.1, 0.15) is 0 Å². The van der Waals surface area contributed by atoms with Crippen molar-refractivity contribution in [3.8, 4) is 0 Å². The summed E-state index contributed by atoms with van der Waals surface area (Å²) in [5.74, 6) is 1.09. The van der Waals surface area contributed by atoms with Gasteiger partial charge in [-0.25, -0.2) is 0 Å². The van der Waals surface area contributed by atoms with Crippen LogP contribution in [0.3, 0.4) is 0 Å². The highest BCUT2D eigenvalue weighted by atomic mass is 127. The predicted molar refractivity (Wildman–Crippen MR) is 56.5 cm³/mol. The van der Waals surface area contributed by atoms with Gasteiger partial charge in [-0.05, 0) is 25.2 Å². The molecule has 0 aromatic rings. The molecule has 3 fully saturated rings. The van der Waals surface area contributed by atoms with Crippen LogP contribution in [0.15, 0.2) is 0 Å². The molecule has 52 valence electrons. The quantitative estimate of drug-likeness (QED) is 0.466. The van der Waals surface area contributed by atoms with Crippen LogP contribution in [0, 0.1) is 5.92 Å². The van der Waals surface area contributed by atoms with E-state index >= 15 is 0 Å². The van der Waals surface area contributed by atoms with E-state index in [0.717, 1.165) is 13.3 Å². The zero-order chi connectivity index (χ0) is 6.48. The van der Waals surface area contributed by atoms with Crippen LogP contribution < -0.4 is 0 Å². The Hall–Kier alpha value is 1.46. The Morgan fingerprint density at radius 3 is 2.56 bits per heavy atom. The number of alkyl halides is 2. The molecule has 0 aliphatic heterocycles. The van der Waals surface area contributed by atoms with Crippen LogP contribution in [0.2, 0.25) is 0 Å². The summed E-state index contributed by atoms with van der Waals surface area (Å²) < 4.78 is 1.74. The molecule has 3 rings (SSSR count). The molecule has 0 amide bonds. The van der Waals surface area contributed by atoms with Gasteiger partial charge < -0.3 is 0 Å². The molecule has 3 unspecified atom stereocenters. The molecule has 3 saturated carbocycles. The highest BCUT2D eigenvalue weighted by molar-refractivity contribution is 14.1. The Morgan fingerprint density at radius 1 is 1.44 bits per heavy atom. The fourth-order valence-electron chi connectivity index (χ4n) is 2.06. The van der Waals surface area contributed by atoms with Crippen LogP contribution >= 0.6 is 45.2 Å². The second kappa shape index (κ2) is 2.22. The third kappa shape index (κ3) is 0.957. The van der Waals surface area contributed by atoms with Gasteiger partial charge in [0.05, 0.1) is 0 Å². The van der Waals surface area contributed by atoms with E-state index in [2.05, 4.69) is 45.2 Å². The van der Waals surface area contributed by atoms with Crippen LogP contribution in [0.5, 0.6) is 0 Å². The first-order chi connectivity index (χ1) is 4.22. The van der Waals surface area contributed by atoms with Crippen molar-refractivity contribution in [3.63, 3.8) is 0 Å². The van der Waals surface area contributed by atoms with Gasteiger partial charge in [0, 0.05) is 7.35 Å². The molecule has 2 heteroatoms. The van der Waals surface area contributed by atoms with E-state index in [1.807, 2.05) is 0 Å². The van der Waals surface area contributed by atoms with E-state index in [-0.39, 0.29) is 0 Å². The number of hydrogen-bond donors (Lipinski definition) is 0. The first-order valence-corrected chi connectivity index (χ1v) is 5.88. The molecular formula is C7H10I2. The summed E-state index contributed by atoms with van der Waals surface area (Å²) in [6, 6.07) is 0. The average Bonchev–Trinajstić information content (AvgIpc) is 1.88. The maximum Gasteiger partial charge on any atom is 0.0345 e. The summed E-state index contributed by atoms with van der Waals surface area (Å²) in [5.41, 5.74) is 0. The van der Waals surface area contributed by atoms with Crippen molar-refractivity contribution in [2.75, 3.05) is 0 Å². The maximum atomic E-state index is 2.68. The molecule has 0 aromatic carbocycles. The SMILES string of the molecule is IC1C2CCCC1(I)C2. The van der Waals surface area contributed by atoms with E-state index in [9.17, 15) is 0 Å². The lowest BCUT2D eigenvalue weighted by molar-refractivity contribution is 0.185. The average molecular weight is 348 g/mol. The molecule has 3 aliphatic rings. The third-order valence-electron chi connectivity index (χ3n) is 2.68. The molecule has 0 heterocycles. The summed E-state index contributed by atoms with van der Waals surface area (Å²) >= 11 is 5.32. The van der Waals surface area contributed by atoms with E-state index in [1.54, 1.807) is 0 Å². The monoisotopic (exact) mass is 348 g/mol. The van der Waals surface area contributed by atoms with Crippen LogP contribution in [0.4, 0.5) is 0 Å².